The quantitative estimate of drug-likeness (QED) is 0.696. The van der Waals surface area contributed by atoms with Gasteiger partial charge in [0.15, 0.2) is 5.78 Å². The molecule has 4 heteroatoms. The molecule has 2 aromatic rings. The van der Waals surface area contributed by atoms with Crippen molar-refractivity contribution in [1.82, 2.24) is 9.80 Å². The number of carbonyl (C=O) groups is 2. The minimum absolute atomic E-state index is 0.0777. The van der Waals surface area contributed by atoms with Crippen molar-refractivity contribution >= 4 is 11.7 Å². The number of ketones is 1. The summed E-state index contributed by atoms with van der Waals surface area (Å²) >= 11 is 0. The minimum atomic E-state index is 0.0777. The summed E-state index contributed by atoms with van der Waals surface area (Å²) in [6, 6.07) is 14.8. The van der Waals surface area contributed by atoms with E-state index in [1.807, 2.05) is 17.0 Å². The van der Waals surface area contributed by atoms with E-state index in [2.05, 4.69) is 49.2 Å². The number of benzene rings is 2. The van der Waals surface area contributed by atoms with Crippen LogP contribution in [0.2, 0.25) is 0 Å². The van der Waals surface area contributed by atoms with Crippen LogP contribution in [0.3, 0.4) is 0 Å². The van der Waals surface area contributed by atoms with Gasteiger partial charge >= 0.3 is 0 Å². The zero-order valence-corrected chi connectivity index (χ0v) is 18.2. The van der Waals surface area contributed by atoms with Gasteiger partial charge in [-0.1, -0.05) is 42.0 Å². The van der Waals surface area contributed by atoms with Crippen molar-refractivity contribution in [1.29, 1.82) is 0 Å². The highest BCUT2D eigenvalue weighted by Crippen LogP contribution is 2.28. The maximum Gasteiger partial charge on any atom is 0.223 e. The number of carbonyl (C=O) groups excluding carboxylic acids is 2. The Morgan fingerprint density at radius 2 is 1.67 bits per heavy atom. The van der Waals surface area contributed by atoms with Crippen LogP contribution in [0, 0.1) is 6.92 Å². The summed E-state index contributed by atoms with van der Waals surface area (Å²) in [7, 11) is 2.11. The Morgan fingerprint density at radius 3 is 2.40 bits per heavy atom. The number of likely N-dealkylation sites (tertiary alicyclic amines) is 1. The molecule has 0 radical (unpaired) electrons. The first kappa shape index (κ1) is 20.8. The third-order valence-electron chi connectivity index (χ3n) is 6.69. The molecular formula is C26H32N2O2. The van der Waals surface area contributed by atoms with E-state index in [1.165, 1.54) is 22.3 Å². The van der Waals surface area contributed by atoms with Gasteiger partial charge in [0.2, 0.25) is 5.91 Å². The van der Waals surface area contributed by atoms with Crippen molar-refractivity contribution < 1.29 is 9.59 Å². The van der Waals surface area contributed by atoms with E-state index in [4.69, 9.17) is 0 Å². The second kappa shape index (κ2) is 9.13. The first-order chi connectivity index (χ1) is 14.5. The molecule has 0 atom stereocenters. The predicted molar refractivity (Wildman–Crippen MR) is 120 cm³/mol. The third-order valence-corrected chi connectivity index (χ3v) is 6.69. The monoisotopic (exact) mass is 404 g/mol. The molecule has 0 aromatic heterocycles. The van der Waals surface area contributed by atoms with Crippen LogP contribution in [0.15, 0.2) is 42.5 Å². The summed E-state index contributed by atoms with van der Waals surface area (Å²) < 4.78 is 0. The largest absolute Gasteiger partial charge is 0.343 e. The molecule has 0 saturated carbocycles. The summed E-state index contributed by atoms with van der Waals surface area (Å²) in [4.78, 5) is 29.6. The van der Waals surface area contributed by atoms with E-state index in [1.54, 1.807) is 0 Å². The molecule has 2 aliphatic rings. The lowest BCUT2D eigenvalue weighted by atomic mass is 9.89. The Labute approximate surface area is 179 Å². The van der Waals surface area contributed by atoms with E-state index in [0.717, 1.165) is 51.0 Å². The van der Waals surface area contributed by atoms with Gasteiger partial charge in [-0.2, -0.15) is 0 Å². The second-order valence-corrected chi connectivity index (χ2v) is 8.96. The molecule has 2 aliphatic heterocycles. The lowest BCUT2D eigenvalue weighted by Gasteiger charge is -2.32. The number of rotatable bonds is 5. The molecule has 0 N–H and O–H groups in total. The average molecular weight is 405 g/mol. The molecule has 0 unspecified atom stereocenters. The van der Waals surface area contributed by atoms with E-state index in [-0.39, 0.29) is 11.7 Å². The van der Waals surface area contributed by atoms with Gasteiger partial charge in [0, 0.05) is 44.6 Å². The molecule has 158 valence electrons. The minimum Gasteiger partial charge on any atom is -0.343 e. The smallest absolute Gasteiger partial charge is 0.223 e. The zero-order chi connectivity index (χ0) is 21.1. The van der Waals surface area contributed by atoms with Crippen molar-refractivity contribution in [3.63, 3.8) is 0 Å². The van der Waals surface area contributed by atoms with Crippen LogP contribution in [0.5, 0.6) is 0 Å². The Kier molecular flexibility index (Phi) is 6.33. The predicted octanol–water partition coefficient (Wildman–Crippen LogP) is 4.35. The Morgan fingerprint density at radius 1 is 0.933 bits per heavy atom. The number of piperidine rings is 1. The Bertz CT molecular complexity index is 911. The number of fused-ring (bicyclic) bond motifs is 1. The number of hydrogen-bond acceptors (Lipinski definition) is 3. The van der Waals surface area contributed by atoms with Crippen LogP contribution in [0.25, 0.3) is 0 Å². The van der Waals surface area contributed by atoms with Crippen LogP contribution in [0.1, 0.15) is 64.2 Å². The van der Waals surface area contributed by atoms with Crippen molar-refractivity contribution in [2.75, 3.05) is 26.7 Å². The van der Waals surface area contributed by atoms with E-state index >= 15 is 0 Å². The lowest BCUT2D eigenvalue weighted by Crippen LogP contribution is -2.38. The number of amides is 1. The van der Waals surface area contributed by atoms with Crippen molar-refractivity contribution in [3.8, 4) is 0 Å². The van der Waals surface area contributed by atoms with Gasteiger partial charge in [-0.15, -0.1) is 0 Å². The standard InChI is InChI=1S/C26H32N2O2/c1-19-3-5-20(6-4-19)22-12-15-28(16-13-22)26(30)10-9-25(29)23-8-7-21-11-14-27(2)18-24(21)17-23/h3-8,17,22H,9-16,18H2,1-2H3. The molecule has 0 aliphatic carbocycles. The maximum atomic E-state index is 12.7. The van der Waals surface area contributed by atoms with Crippen LogP contribution in [-0.2, 0) is 17.8 Å². The van der Waals surface area contributed by atoms with Gasteiger partial charge in [-0.25, -0.2) is 0 Å². The first-order valence-electron chi connectivity index (χ1n) is 11.2. The molecule has 0 spiro atoms. The molecular weight excluding hydrogens is 372 g/mol. The number of Topliss-reactive ketones (excluding diaryl/α,β-unsaturated/α-hetero) is 1. The Balaban J connectivity index is 1.27. The van der Waals surface area contributed by atoms with Crippen molar-refractivity contribution in [3.05, 3.63) is 70.3 Å². The molecule has 2 aromatic carbocycles. The molecule has 1 amide bonds. The molecule has 1 saturated heterocycles. The van der Waals surface area contributed by atoms with E-state index in [0.29, 0.717) is 18.8 Å². The number of hydrogen-bond donors (Lipinski definition) is 0. The highest BCUT2D eigenvalue weighted by molar-refractivity contribution is 5.98. The molecule has 1 fully saturated rings. The van der Waals surface area contributed by atoms with Gasteiger partial charge in [0.1, 0.15) is 0 Å². The fourth-order valence-corrected chi connectivity index (χ4v) is 4.70. The van der Waals surface area contributed by atoms with Crippen LogP contribution >= 0.6 is 0 Å². The summed E-state index contributed by atoms with van der Waals surface area (Å²) in [5, 5.41) is 0. The van der Waals surface area contributed by atoms with Crippen molar-refractivity contribution in [2.45, 2.75) is 51.5 Å². The molecule has 4 rings (SSSR count). The summed E-state index contributed by atoms with van der Waals surface area (Å²) in [5.74, 6) is 0.724. The first-order valence-corrected chi connectivity index (χ1v) is 11.2. The summed E-state index contributed by atoms with van der Waals surface area (Å²) in [6.07, 6.45) is 3.65. The highest BCUT2D eigenvalue weighted by Gasteiger charge is 2.24. The Hall–Kier alpha value is -2.46. The summed E-state index contributed by atoms with van der Waals surface area (Å²) in [5.41, 5.74) is 5.99. The molecule has 2 heterocycles. The van der Waals surface area contributed by atoms with Crippen LogP contribution < -0.4 is 0 Å². The van der Waals surface area contributed by atoms with Gasteiger partial charge in [-0.3, -0.25) is 9.59 Å². The fraction of sp³-hybridized carbons (Fsp3) is 0.462. The maximum absolute atomic E-state index is 12.7. The fourth-order valence-electron chi connectivity index (χ4n) is 4.70. The SMILES string of the molecule is Cc1ccc(C2CCN(C(=O)CCC(=O)c3ccc4c(c3)CN(C)CC4)CC2)cc1. The van der Waals surface area contributed by atoms with Gasteiger partial charge in [0.05, 0.1) is 0 Å². The number of aryl methyl sites for hydroxylation is 1. The lowest BCUT2D eigenvalue weighted by molar-refractivity contribution is -0.132. The van der Waals surface area contributed by atoms with E-state index < -0.39 is 0 Å². The summed E-state index contributed by atoms with van der Waals surface area (Å²) in [6.45, 7) is 5.64. The van der Waals surface area contributed by atoms with Crippen molar-refractivity contribution in [2.24, 2.45) is 0 Å². The van der Waals surface area contributed by atoms with E-state index in [9.17, 15) is 9.59 Å². The topological polar surface area (TPSA) is 40.6 Å². The van der Waals surface area contributed by atoms with Crippen LogP contribution in [-0.4, -0.2) is 48.2 Å². The number of nitrogens with zero attached hydrogens (tertiary/aromatic N) is 2. The number of likely N-dealkylation sites (N-methyl/N-ethyl adjacent to an activating group) is 1. The molecule has 0 bridgehead atoms. The van der Waals surface area contributed by atoms with Gasteiger partial charge < -0.3 is 9.80 Å². The molecule has 4 nitrogen and oxygen atoms in total. The van der Waals surface area contributed by atoms with Gasteiger partial charge in [0.25, 0.3) is 0 Å². The second-order valence-electron chi connectivity index (χ2n) is 8.96. The normalized spacial score (nSPS) is 17.6. The average Bonchev–Trinajstić information content (AvgIpc) is 2.77. The molecule has 30 heavy (non-hydrogen) atoms. The van der Waals surface area contributed by atoms with Crippen LogP contribution in [0.4, 0.5) is 0 Å². The highest BCUT2D eigenvalue weighted by atomic mass is 16.2. The van der Waals surface area contributed by atoms with Gasteiger partial charge in [-0.05, 0) is 61.9 Å². The zero-order valence-electron chi connectivity index (χ0n) is 18.2. The third kappa shape index (κ3) is 4.81.